The fourth-order valence-corrected chi connectivity index (χ4v) is 5.91. The first kappa shape index (κ1) is 34.4. The van der Waals surface area contributed by atoms with Gasteiger partial charge in [-0.05, 0) is 59.2 Å². The molecule has 5 rings (SSSR count). The number of nitrogens with one attached hydrogen (secondary N) is 1. The van der Waals surface area contributed by atoms with Crippen molar-refractivity contribution in [2.45, 2.75) is 71.8 Å². The summed E-state index contributed by atoms with van der Waals surface area (Å²) < 4.78 is 48.5. The Hall–Kier alpha value is -3.49. The maximum absolute atomic E-state index is 14.0. The van der Waals surface area contributed by atoms with Gasteiger partial charge in [-0.1, -0.05) is 19.1 Å². The van der Waals surface area contributed by atoms with Crippen molar-refractivity contribution in [1.29, 1.82) is 0 Å². The molecule has 0 radical (unpaired) electrons. The molecule has 3 N–H and O–H groups in total. The Kier molecular flexibility index (Phi) is 11.6. The van der Waals surface area contributed by atoms with Gasteiger partial charge < -0.3 is 25.6 Å². The number of para-hydroxylation sites is 2. The molecule has 45 heavy (non-hydrogen) atoms. The summed E-state index contributed by atoms with van der Waals surface area (Å²) in [5, 5.41) is 2.90. The molecule has 1 aromatic carbocycles. The van der Waals surface area contributed by atoms with E-state index in [0.29, 0.717) is 76.0 Å². The van der Waals surface area contributed by atoms with Crippen LogP contribution in [0.2, 0.25) is 0 Å². The number of hydrogen-bond acceptors (Lipinski definition) is 9. The second-order valence-electron chi connectivity index (χ2n) is 11.8. The molecule has 2 fully saturated rings. The van der Waals surface area contributed by atoms with Gasteiger partial charge in [0.1, 0.15) is 11.6 Å². The highest BCUT2D eigenvalue weighted by atomic mass is 19.4. The van der Waals surface area contributed by atoms with Gasteiger partial charge in [-0.2, -0.15) is 23.1 Å². The van der Waals surface area contributed by atoms with Crippen molar-refractivity contribution in [3.63, 3.8) is 0 Å². The van der Waals surface area contributed by atoms with E-state index in [0.717, 1.165) is 11.1 Å². The first-order chi connectivity index (χ1) is 21.4. The monoisotopic (exact) mass is 633 g/mol. The van der Waals surface area contributed by atoms with E-state index >= 15 is 0 Å². The molecule has 2 saturated heterocycles. The smallest absolute Gasteiger partial charge is 0.378 e. The number of amides is 1. The summed E-state index contributed by atoms with van der Waals surface area (Å²) in [5.41, 5.74) is 5.89. The Morgan fingerprint density at radius 2 is 1.58 bits per heavy atom. The Morgan fingerprint density at radius 3 is 2.09 bits per heavy atom. The quantitative estimate of drug-likeness (QED) is 0.382. The van der Waals surface area contributed by atoms with E-state index < -0.39 is 12.0 Å². The number of alkyl halides is 3. The van der Waals surface area contributed by atoms with E-state index in [1.54, 1.807) is 24.3 Å². The second-order valence-corrected chi connectivity index (χ2v) is 11.8. The number of carbonyl (C=O) groups is 1. The van der Waals surface area contributed by atoms with Gasteiger partial charge in [0.05, 0.1) is 30.8 Å². The molecule has 248 valence electrons. The number of imidazole rings is 1. The van der Waals surface area contributed by atoms with Crippen molar-refractivity contribution in [1.82, 2.24) is 29.7 Å². The van der Waals surface area contributed by atoms with Gasteiger partial charge in [0.25, 0.3) is 0 Å². The minimum atomic E-state index is -4.70. The summed E-state index contributed by atoms with van der Waals surface area (Å²) in [6, 6.07) is 9.59. The zero-order chi connectivity index (χ0) is 32.7. The molecule has 2 aliphatic rings. The number of nitrogens with zero attached hydrogens (tertiary/aromatic N) is 7. The van der Waals surface area contributed by atoms with Crippen LogP contribution in [0.3, 0.4) is 0 Å². The summed E-state index contributed by atoms with van der Waals surface area (Å²) in [4.78, 5) is 31.1. The number of fused-ring (bicyclic) bond motifs is 1. The lowest BCUT2D eigenvalue weighted by Crippen LogP contribution is -2.46. The number of halogens is 3. The van der Waals surface area contributed by atoms with Crippen molar-refractivity contribution in [2.24, 2.45) is 5.73 Å². The van der Waals surface area contributed by atoms with Crippen LogP contribution < -0.4 is 20.9 Å². The zero-order valence-electron chi connectivity index (χ0n) is 26.8. The number of anilines is 2. The SMILES string of the molecule is CCN(C(C)C)C(C)C.NCC(=O)NC1CCN(c2cc(N3CCOCC3)nc(-n3c(C(F)(F)F)nc4ccccc43)n2)CC1. The van der Waals surface area contributed by atoms with Gasteiger partial charge in [-0.15, -0.1) is 0 Å². The predicted molar refractivity (Wildman–Crippen MR) is 170 cm³/mol. The molecule has 4 heterocycles. The van der Waals surface area contributed by atoms with Crippen molar-refractivity contribution in [3.05, 3.63) is 36.2 Å². The highest BCUT2D eigenvalue weighted by Gasteiger charge is 2.39. The summed E-state index contributed by atoms with van der Waals surface area (Å²) in [7, 11) is 0. The lowest BCUT2D eigenvalue weighted by Gasteiger charge is -2.34. The zero-order valence-corrected chi connectivity index (χ0v) is 26.8. The summed E-state index contributed by atoms with van der Waals surface area (Å²) in [6.45, 7) is 15.6. The van der Waals surface area contributed by atoms with Crippen LogP contribution in [0.25, 0.3) is 17.0 Å². The average molecular weight is 634 g/mol. The van der Waals surface area contributed by atoms with E-state index in [-0.39, 0.29) is 35.5 Å². The molecule has 1 amide bonds. The van der Waals surface area contributed by atoms with Gasteiger partial charge in [-0.25, -0.2) is 4.98 Å². The van der Waals surface area contributed by atoms with E-state index in [2.05, 4.69) is 59.8 Å². The van der Waals surface area contributed by atoms with Crippen LogP contribution in [-0.2, 0) is 15.7 Å². The molecule has 0 aliphatic carbocycles. The Labute approximate surface area is 262 Å². The average Bonchev–Trinajstić information content (AvgIpc) is 3.43. The number of nitrogens with two attached hydrogens (primary N) is 1. The first-order valence-electron chi connectivity index (χ1n) is 15.7. The predicted octanol–water partition coefficient (Wildman–Crippen LogP) is 3.84. The van der Waals surface area contributed by atoms with Crippen LogP contribution in [0, 0.1) is 0 Å². The summed E-state index contributed by atoms with van der Waals surface area (Å²) in [5.74, 6) is -0.316. The number of rotatable bonds is 8. The molecule has 2 aliphatic heterocycles. The van der Waals surface area contributed by atoms with Crippen LogP contribution in [0.5, 0.6) is 0 Å². The molecule has 0 atom stereocenters. The van der Waals surface area contributed by atoms with E-state index in [1.165, 1.54) is 6.07 Å². The molecule has 2 aromatic heterocycles. The lowest BCUT2D eigenvalue weighted by atomic mass is 10.0. The summed E-state index contributed by atoms with van der Waals surface area (Å²) in [6.07, 6.45) is -3.36. The largest absolute Gasteiger partial charge is 0.450 e. The van der Waals surface area contributed by atoms with Crippen LogP contribution >= 0.6 is 0 Å². The van der Waals surface area contributed by atoms with Crippen LogP contribution in [0.15, 0.2) is 30.3 Å². The maximum atomic E-state index is 14.0. The molecular weight excluding hydrogens is 587 g/mol. The number of piperidine rings is 1. The first-order valence-corrected chi connectivity index (χ1v) is 15.7. The Balaban J connectivity index is 0.000000448. The van der Waals surface area contributed by atoms with E-state index in [9.17, 15) is 18.0 Å². The van der Waals surface area contributed by atoms with Crippen molar-refractivity contribution < 1.29 is 22.7 Å². The molecule has 3 aromatic rings. The van der Waals surface area contributed by atoms with Gasteiger partial charge in [0.15, 0.2) is 0 Å². The second kappa shape index (κ2) is 15.2. The van der Waals surface area contributed by atoms with E-state index in [1.807, 2.05) is 9.80 Å². The third-order valence-electron chi connectivity index (χ3n) is 8.10. The van der Waals surface area contributed by atoms with Crippen LogP contribution in [0.4, 0.5) is 24.8 Å². The van der Waals surface area contributed by atoms with Gasteiger partial charge in [0, 0.05) is 50.4 Å². The lowest BCUT2D eigenvalue weighted by molar-refractivity contribution is -0.145. The molecule has 0 bridgehead atoms. The molecule has 14 heteroatoms. The third kappa shape index (κ3) is 8.61. The maximum Gasteiger partial charge on any atom is 0.450 e. The normalized spacial score (nSPS) is 16.4. The Bertz CT molecular complexity index is 1390. The highest BCUT2D eigenvalue weighted by molar-refractivity contribution is 5.78. The van der Waals surface area contributed by atoms with Crippen molar-refractivity contribution in [2.75, 3.05) is 62.3 Å². The molecule has 0 unspecified atom stereocenters. The topological polar surface area (TPSA) is 118 Å². The van der Waals surface area contributed by atoms with Gasteiger partial charge in [0.2, 0.25) is 17.7 Å². The van der Waals surface area contributed by atoms with Crippen molar-refractivity contribution >= 4 is 28.6 Å². The van der Waals surface area contributed by atoms with Crippen molar-refractivity contribution in [3.8, 4) is 5.95 Å². The minimum Gasteiger partial charge on any atom is -0.378 e. The number of aromatic nitrogens is 4. The van der Waals surface area contributed by atoms with Crippen LogP contribution in [0.1, 0.15) is 53.3 Å². The molecular formula is C31H46F3N9O2. The number of morpholine rings is 1. The molecule has 0 saturated carbocycles. The fraction of sp³-hybridized carbons (Fsp3) is 0.613. The minimum absolute atomic E-state index is 0.00764. The van der Waals surface area contributed by atoms with Gasteiger partial charge >= 0.3 is 6.18 Å². The third-order valence-corrected chi connectivity index (χ3v) is 8.10. The Morgan fingerprint density at radius 1 is 1.00 bits per heavy atom. The number of benzene rings is 1. The standard InChI is InChI=1S/C23H27F3N8O2.C8H19N/c24-23(25,26)21-29-16-3-1-2-4-17(16)34(21)22-30-18(13-19(31-22)33-9-11-36-12-10-33)32-7-5-15(6-8-32)28-20(35)14-27;1-6-9(7(2)3)8(4)5/h1-4,13,15H,5-12,14,27H2,(H,28,35);7-8H,6H2,1-5H3. The summed E-state index contributed by atoms with van der Waals surface area (Å²) >= 11 is 0. The highest BCUT2D eigenvalue weighted by Crippen LogP contribution is 2.34. The molecule has 11 nitrogen and oxygen atoms in total. The fourth-order valence-electron chi connectivity index (χ4n) is 5.91. The molecule has 0 spiro atoms. The number of ether oxygens (including phenoxy) is 1. The van der Waals surface area contributed by atoms with E-state index in [4.69, 9.17) is 10.5 Å². The number of carbonyl (C=O) groups excluding carboxylic acids is 1. The van der Waals surface area contributed by atoms with Gasteiger partial charge in [-0.3, -0.25) is 14.3 Å². The number of hydrogen-bond donors (Lipinski definition) is 2. The van der Waals surface area contributed by atoms with Crippen LogP contribution in [-0.4, -0.2) is 101 Å².